The lowest BCUT2D eigenvalue weighted by Gasteiger charge is -2.09. The summed E-state index contributed by atoms with van der Waals surface area (Å²) in [5.74, 6) is -0.741. The van der Waals surface area contributed by atoms with E-state index in [1.54, 1.807) is 0 Å². The number of rotatable bonds is 4. The topological polar surface area (TPSA) is 72.8 Å². The van der Waals surface area contributed by atoms with Gasteiger partial charge in [0.1, 0.15) is 16.5 Å². The summed E-state index contributed by atoms with van der Waals surface area (Å²) in [7, 11) is -2.35. The number of isocyanates is 1. The molecule has 0 radical (unpaired) electrons. The highest BCUT2D eigenvalue weighted by Crippen LogP contribution is 2.26. The molecule has 0 amide bonds. The van der Waals surface area contributed by atoms with Gasteiger partial charge in [0.2, 0.25) is 6.08 Å². The van der Waals surface area contributed by atoms with Gasteiger partial charge in [-0.05, 0) is 6.07 Å². The van der Waals surface area contributed by atoms with Crippen LogP contribution < -0.4 is 4.74 Å². The van der Waals surface area contributed by atoms with Gasteiger partial charge in [-0.1, -0.05) is 0 Å². The van der Waals surface area contributed by atoms with E-state index in [9.17, 15) is 17.6 Å². The molecular weight excluding hydrogens is 249 g/mol. The summed E-state index contributed by atoms with van der Waals surface area (Å²) < 4.78 is 41.0. The van der Waals surface area contributed by atoms with Gasteiger partial charge in [0, 0.05) is 17.9 Å². The van der Waals surface area contributed by atoms with Gasteiger partial charge >= 0.3 is 0 Å². The zero-order chi connectivity index (χ0) is 13.1. The number of hydrogen-bond donors (Lipinski definition) is 0. The molecular formula is C10H10FNO4S. The minimum absolute atomic E-state index is 0.117. The second-order valence-electron chi connectivity index (χ2n) is 3.27. The van der Waals surface area contributed by atoms with Crippen molar-refractivity contribution in [2.45, 2.75) is 11.4 Å². The van der Waals surface area contributed by atoms with Crippen LogP contribution in [0.5, 0.6) is 5.75 Å². The summed E-state index contributed by atoms with van der Waals surface area (Å²) >= 11 is 0. The number of hydrogen-bond acceptors (Lipinski definition) is 5. The molecule has 0 fully saturated rings. The highest BCUT2D eigenvalue weighted by molar-refractivity contribution is 7.90. The molecule has 0 unspecified atom stereocenters. The number of methoxy groups -OCH3 is 1. The Morgan fingerprint density at radius 2 is 2.12 bits per heavy atom. The van der Waals surface area contributed by atoms with Gasteiger partial charge in [-0.2, -0.15) is 0 Å². The Balaban J connectivity index is 3.39. The summed E-state index contributed by atoms with van der Waals surface area (Å²) in [5, 5.41) is 0. The molecule has 0 aliphatic carbocycles. The quantitative estimate of drug-likeness (QED) is 0.599. The maximum absolute atomic E-state index is 13.5. The predicted molar refractivity (Wildman–Crippen MR) is 57.9 cm³/mol. The zero-order valence-corrected chi connectivity index (χ0v) is 10.0. The lowest BCUT2D eigenvalue weighted by molar-refractivity contribution is 0.406. The van der Waals surface area contributed by atoms with Gasteiger partial charge in [-0.25, -0.2) is 22.6 Å². The van der Waals surface area contributed by atoms with Gasteiger partial charge in [0.15, 0.2) is 9.84 Å². The highest BCUT2D eigenvalue weighted by Gasteiger charge is 2.17. The van der Waals surface area contributed by atoms with Crippen LogP contribution in [0.15, 0.2) is 22.0 Å². The molecule has 0 N–H and O–H groups in total. The Hall–Kier alpha value is -1.72. The summed E-state index contributed by atoms with van der Waals surface area (Å²) in [5.41, 5.74) is 0.278. The van der Waals surface area contributed by atoms with Crippen molar-refractivity contribution in [2.75, 3.05) is 13.4 Å². The molecule has 1 aromatic carbocycles. The van der Waals surface area contributed by atoms with Gasteiger partial charge < -0.3 is 4.74 Å². The van der Waals surface area contributed by atoms with E-state index in [0.29, 0.717) is 0 Å². The van der Waals surface area contributed by atoms with Crippen LogP contribution in [0.25, 0.3) is 0 Å². The summed E-state index contributed by atoms with van der Waals surface area (Å²) in [6, 6.07) is 2.05. The van der Waals surface area contributed by atoms with Crippen LogP contribution >= 0.6 is 0 Å². The average molecular weight is 259 g/mol. The van der Waals surface area contributed by atoms with Gasteiger partial charge in [-0.15, -0.1) is 0 Å². The number of ether oxygens (including phenoxy) is 1. The smallest absolute Gasteiger partial charge is 0.235 e. The molecule has 0 heterocycles. The Morgan fingerprint density at radius 1 is 1.47 bits per heavy atom. The van der Waals surface area contributed by atoms with Crippen LogP contribution in [0.4, 0.5) is 4.39 Å². The fourth-order valence-electron chi connectivity index (χ4n) is 1.29. The number of carbonyl (C=O) groups excluding carboxylic acids is 1. The van der Waals surface area contributed by atoms with Crippen molar-refractivity contribution < 1.29 is 22.3 Å². The second kappa shape index (κ2) is 5.07. The van der Waals surface area contributed by atoms with Crippen molar-refractivity contribution in [2.24, 2.45) is 4.99 Å². The number of halogens is 1. The van der Waals surface area contributed by atoms with Crippen molar-refractivity contribution >= 4 is 15.9 Å². The summed E-state index contributed by atoms with van der Waals surface area (Å²) in [6.07, 6.45) is 2.21. The molecule has 0 atom stereocenters. The number of aliphatic imine (C=N–C) groups is 1. The molecule has 7 heteroatoms. The van der Waals surface area contributed by atoms with E-state index < -0.39 is 20.5 Å². The largest absolute Gasteiger partial charge is 0.496 e. The number of benzene rings is 1. The maximum Gasteiger partial charge on any atom is 0.235 e. The van der Waals surface area contributed by atoms with E-state index in [4.69, 9.17) is 4.74 Å². The fraction of sp³-hybridized carbons (Fsp3) is 0.300. The van der Waals surface area contributed by atoms with Crippen molar-refractivity contribution in [3.05, 3.63) is 23.5 Å². The Morgan fingerprint density at radius 3 is 2.59 bits per heavy atom. The first-order chi connectivity index (χ1) is 7.90. The van der Waals surface area contributed by atoms with Crippen LogP contribution in [0.1, 0.15) is 5.56 Å². The van der Waals surface area contributed by atoms with Crippen LogP contribution in [0.3, 0.4) is 0 Å². The van der Waals surface area contributed by atoms with Crippen molar-refractivity contribution in [1.29, 1.82) is 0 Å². The third kappa shape index (κ3) is 3.12. The number of nitrogens with zero attached hydrogens (tertiary/aromatic N) is 1. The minimum Gasteiger partial charge on any atom is -0.496 e. The summed E-state index contributed by atoms with van der Waals surface area (Å²) in [6.45, 7) is -0.117. The predicted octanol–water partition coefficient (Wildman–Crippen LogP) is 1.07. The second-order valence-corrected chi connectivity index (χ2v) is 5.26. The Bertz CT molecular complexity index is 576. The molecule has 1 rings (SSSR count). The first kappa shape index (κ1) is 13.3. The van der Waals surface area contributed by atoms with Gasteiger partial charge in [-0.3, -0.25) is 0 Å². The van der Waals surface area contributed by atoms with Crippen molar-refractivity contribution in [1.82, 2.24) is 0 Å². The molecule has 0 bridgehead atoms. The van der Waals surface area contributed by atoms with E-state index >= 15 is 0 Å². The molecule has 5 nitrogen and oxygen atoms in total. The standard InChI is InChI=1S/C10H10FNO4S/c1-16-9-4-10(17(2,14)15)8(11)3-7(9)5-12-6-13/h3-4H,5H2,1-2H3. The van der Waals surface area contributed by atoms with E-state index in [1.807, 2.05) is 0 Å². The lowest BCUT2D eigenvalue weighted by Crippen LogP contribution is -2.03. The zero-order valence-electron chi connectivity index (χ0n) is 9.23. The van der Waals surface area contributed by atoms with Gasteiger partial charge in [0.05, 0.1) is 13.7 Å². The lowest BCUT2D eigenvalue weighted by atomic mass is 10.2. The van der Waals surface area contributed by atoms with Crippen LogP contribution in [0.2, 0.25) is 0 Å². The van der Waals surface area contributed by atoms with E-state index in [0.717, 1.165) is 18.4 Å². The van der Waals surface area contributed by atoms with Crippen LogP contribution in [0, 0.1) is 5.82 Å². The fourth-order valence-corrected chi connectivity index (χ4v) is 2.03. The van der Waals surface area contributed by atoms with Gasteiger partial charge in [0.25, 0.3) is 0 Å². The minimum atomic E-state index is -3.67. The maximum atomic E-state index is 13.5. The third-order valence-corrected chi connectivity index (χ3v) is 3.16. The monoisotopic (exact) mass is 259 g/mol. The van der Waals surface area contributed by atoms with Crippen LogP contribution in [-0.4, -0.2) is 27.9 Å². The molecule has 0 aliphatic heterocycles. The molecule has 0 spiro atoms. The molecule has 0 saturated carbocycles. The van der Waals surface area contributed by atoms with E-state index in [-0.39, 0.29) is 17.9 Å². The highest BCUT2D eigenvalue weighted by atomic mass is 32.2. The molecule has 1 aromatic rings. The first-order valence-electron chi connectivity index (χ1n) is 4.50. The first-order valence-corrected chi connectivity index (χ1v) is 6.39. The van der Waals surface area contributed by atoms with E-state index in [1.165, 1.54) is 13.2 Å². The molecule has 0 aromatic heterocycles. The summed E-state index contributed by atoms with van der Waals surface area (Å²) in [4.78, 5) is 12.8. The SMILES string of the molecule is COc1cc(S(C)(=O)=O)c(F)cc1CN=C=O. The van der Waals surface area contributed by atoms with Crippen molar-refractivity contribution in [3.8, 4) is 5.75 Å². The van der Waals surface area contributed by atoms with Crippen LogP contribution in [-0.2, 0) is 21.2 Å². The molecule has 0 saturated heterocycles. The van der Waals surface area contributed by atoms with Crippen molar-refractivity contribution in [3.63, 3.8) is 0 Å². The molecule has 0 aliphatic rings. The number of sulfone groups is 1. The normalized spacial score (nSPS) is 10.8. The average Bonchev–Trinajstić information content (AvgIpc) is 2.24. The van der Waals surface area contributed by atoms with E-state index in [2.05, 4.69) is 4.99 Å². The Kier molecular flexibility index (Phi) is 3.98. The Labute approximate surface area is 97.9 Å². The third-order valence-electron chi connectivity index (χ3n) is 2.05. The molecule has 17 heavy (non-hydrogen) atoms. The molecule has 92 valence electrons.